The molecule has 150 valence electrons. The smallest absolute Gasteiger partial charge is 0.243 e. The van der Waals surface area contributed by atoms with E-state index in [4.69, 9.17) is 9.47 Å². The van der Waals surface area contributed by atoms with Crippen molar-refractivity contribution in [3.63, 3.8) is 0 Å². The van der Waals surface area contributed by atoms with Crippen molar-refractivity contribution in [2.45, 2.75) is 26.6 Å². The highest BCUT2D eigenvalue weighted by Gasteiger charge is 2.09. The van der Waals surface area contributed by atoms with E-state index < -0.39 is 0 Å². The molecule has 3 aromatic rings. The number of anilines is 2. The van der Waals surface area contributed by atoms with Gasteiger partial charge in [0.25, 0.3) is 0 Å². The van der Waals surface area contributed by atoms with Gasteiger partial charge in [0.05, 0.1) is 18.3 Å². The molecule has 0 radical (unpaired) electrons. The van der Waals surface area contributed by atoms with Gasteiger partial charge in [0.1, 0.15) is 18.1 Å². The Morgan fingerprint density at radius 2 is 1.69 bits per heavy atom. The van der Waals surface area contributed by atoms with Crippen LogP contribution in [0.2, 0.25) is 0 Å². The third-order valence-electron chi connectivity index (χ3n) is 4.06. The van der Waals surface area contributed by atoms with Crippen LogP contribution >= 0.6 is 0 Å². The van der Waals surface area contributed by atoms with Gasteiger partial charge in [0, 0.05) is 11.8 Å². The Kier molecular flexibility index (Phi) is 7.11. The molecular formula is C24H26N2O3. The molecule has 0 aliphatic carbocycles. The number of hydrogen-bond donors (Lipinski definition) is 2. The molecule has 0 heterocycles. The molecule has 0 fully saturated rings. The monoisotopic (exact) mass is 390 g/mol. The van der Waals surface area contributed by atoms with Crippen LogP contribution in [0.1, 0.15) is 19.4 Å². The Labute approximate surface area is 171 Å². The Balaban J connectivity index is 1.53. The lowest BCUT2D eigenvalue weighted by atomic mass is 10.2. The first-order valence-corrected chi connectivity index (χ1v) is 9.66. The molecule has 5 nitrogen and oxygen atoms in total. The van der Waals surface area contributed by atoms with Crippen LogP contribution in [0.25, 0.3) is 0 Å². The van der Waals surface area contributed by atoms with Crippen LogP contribution in [0.4, 0.5) is 11.4 Å². The van der Waals surface area contributed by atoms with Crippen molar-refractivity contribution in [1.82, 2.24) is 0 Å². The average molecular weight is 390 g/mol. The lowest BCUT2D eigenvalue weighted by Gasteiger charge is -2.15. The van der Waals surface area contributed by atoms with Crippen molar-refractivity contribution in [3.05, 3.63) is 84.4 Å². The summed E-state index contributed by atoms with van der Waals surface area (Å²) in [5, 5.41) is 6.02. The molecule has 0 unspecified atom stereocenters. The summed E-state index contributed by atoms with van der Waals surface area (Å²) in [5.74, 6) is 1.25. The van der Waals surface area contributed by atoms with Crippen LogP contribution in [0, 0.1) is 0 Å². The molecule has 29 heavy (non-hydrogen) atoms. The van der Waals surface area contributed by atoms with Crippen LogP contribution in [-0.4, -0.2) is 18.6 Å². The Morgan fingerprint density at radius 3 is 2.48 bits per heavy atom. The van der Waals surface area contributed by atoms with Crippen LogP contribution in [-0.2, 0) is 11.4 Å². The Morgan fingerprint density at radius 1 is 0.931 bits per heavy atom. The molecule has 0 saturated heterocycles. The van der Waals surface area contributed by atoms with E-state index in [9.17, 15) is 4.79 Å². The predicted octanol–water partition coefficient (Wildman–Crippen LogP) is 5.10. The van der Waals surface area contributed by atoms with Gasteiger partial charge < -0.3 is 20.1 Å². The summed E-state index contributed by atoms with van der Waals surface area (Å²) in [5.41, 5.74) is 2.58. The molecule has 0 atom stereocenters. The third kappa shape index (κ3) is 6.57. The lowest BCUT2D eigenvalue weighted by Crippen LogP contribution is -2.22. The SMILES string of the molecule is CC(C)Oc1ccccc1NC(=O)CNc1cccc(OCc2ccccc2)c1. The quantitative estimate of drug-likeness (QED) is 0.533. The van der Waals surface area contributed by atoms with E-state index in [2.05, 4.69) is 10.6 Å². The molecule has 5 heteroatoms. The van der Waals surface area contributed by atoms with Crippen molar-refractivity contribution >= 4 is 17.3 Å². The van der Waals surface area contributed by atoms with Gasteiger partial charge in [-0.1, -0.05) is 48.5 Å². The molecule has 0 saturated carbocycles. The summed E-state index contributed by atoms with van der Waals surface area (Å²) < 4.78 is 11.6. The van der Waals surface area contributed by atoms with Crippen molar-refractivity contribution in [2.75, 3.05) is 17.2 Å². The molecule has 0 spiro atoms. The number of amides is 1. The zero-order chi connectivity index (χ0) is 20.5. The number of ether oxygens (including phenoxy) is 2. The van der Waals surface area contributed by atoms with E-state index >= 15 is 0 Å². The van der Waals surface area contributed by atoms with E-state index in [-0.39, 0.29) is 18.6 Å². The molecule has 3 rings (SSSR count). The van der Waals surface area contributed by atoms with Gasteiger partial charge in [-0.25, -0.2) is 0 Å². The molecular weight excluding hydrogens is 364 g/mol. The zero-order valence-electron chi connectivity index (χ0n) is 16.7. The first-order valence-electron chi connectivity index (χ1n) is 9.66. The maximum atomic E-state index is 12.4. The summed E-state index contributed by atoms with van der Waals surface area (Å²) in [7, 11) is 0. The standard InChI is InChI=1S/C24H26N2O3/c1-18(2)29-23-14-7-6-13-22(23)26-24(27)16-25-20-11-8-12-21(15-20)28-17-19-9-4-3-5-10-19/h3-15,18,25H,16-17H2,1-2H3,(H,26,27). The Bertz CT molecular complexity index is 926. The van der Waals surface area contributed by atoms with E-state index in [0.29, 0.717) is 18.0 Å². The number of rotatable bonds is 9. The van der Waals surface area contributed by atoms with Gasteiger partial charge in [-0.2, -0.15) is 0 Å². The minimum absolute atomic E-state index is 0.0322. The second kappa shape index (κ2) is 10.2. The third-order valence-corrected chi connectivity index (χ3v) is 4.06. The fourth-order valence-electron chi connectivity index (χ4n) is 2.74. The number of carbonyl (C=O) groups is 1. The van der Waals surface area contributed by atoms with Crippen LogP contribution in [0.5, 0.6) is 11.5 Å². The fourth-order valence-corrected chi connectivity index (χ4v) is 2.74. The van der Waals surface area contributed by atoms with Crippen molar-refractivity contribution in [3.8, 4) is 11.5 Å². The topological polar surface area (TPSA) is 59.6 Å². The largest absolute Gasteiger partial charge is 0.489 e. The van der Waals surface area contributed by atoms with Crippen LogP contribution < -0.4 is 20.1 Å². The van der Waals surface area contributed by atoms with Crippen LogP contribution in [0.3, 0.4) is 0 Å². The number of nitrogens with one attached hydrogen (secondary N) is 2. The highest BCUT2D eigenvalue weighted by Crippen LogP contribution is 2.25. The second-order valence-corrected chi connectivity index (χ2v) is 6.87. The summed E-state index contributed by atoms with van der Waals surface area (Å²) in [6, 6.07) is 25.0. The first-order chi connectivity index (χ1) is 14.1. The maximum absolute atomic E-state index is 12.4. The van der Waals surface area contributed by atoms with E-state index in [1.165, 1.54) is 0 Å². The highest BCUT2D eigenvalue weighted by atomic mass is 16.5. The van der Waals surface area contributed by atoms with Gasteiger partial charge in [-0.3, -0.25) is 4.79 Å². The van der Waals surface area contributed by atoms with Gasteiger partial charge in [0.2, 0.25) is 5.91 Å². The second-order valence-electron chi connectivity index (χ2n) is 6.87. The first kappa shape index (κ1) is 20.3. The molecule has 2 N–H and O–H groups in total. The van der Waals surface area contributed by atoms with E-state index in [1.54, 1.807) is 0 Å². The van der Waals surface area contributed by atoms with Gasteiger partial charge in [-0.05, 0) is 43.7 Å². The maximum Gasteiger partial charge on any atom is 0.243 e. The van der Waals surface area contributed by atoms with Gasteiger partial charge in [-0.15, -0.1) is 0 Å². The van der Waals surface area contributed by atoms with Gasteiger partial charge >= 0.3 is 0 Å². The molecule has 0 aliphatic heterocycles. The number of benzene rings is 3. The molecule has 1 amide bonds. The summed E-state index contributed by atoms with van der Waals surface area (Å²) in [4.78, 5) is 12.4. The summed E-state index contributed by atoms with van der Waals surface area (Å²) >= 11 is 0. The number of hydrogen-bond acceptors (Lipinski definition) is 4. The number of carbonyl (C=O) groups excluding carboxylic acids is 1. The lowest BCUT2D eigenvalue weighted by molar-refractivity contribution is -0.114. The average Bonchev–Trinajstić information content (AvgIpc) is 2.73. The summed E-state index contributed by atoms with van der Waals surface area (Å²) in [6.07, 6.45) is 0.0322. The molecule has 0 aliphatic rings. The molecule has 0 bridgehead atoms. The molecule has 3 aromatic carbocycles. The summed E-state index contributed by atoms with van der Waals surface area (Å²) in [6.45, 7) is 4.54. The zero-order valence-corrected chi connectivity index (χ0v) is 16.7. The van der Waals surface area contributed by atoms with Crippen molar-refractivity contribution < 1.29 is 14.3 Å². The minimum Gasteiger partial charge on any atom is -0.489 e. The van der Waals surface area contributed by atoms with E-state index in [1.807, 2.05) is 92.7 Å². The fraction of sp³-hybridized carbons (Fsp3) is 0.208. The van der Waals surface area contributed by atoms with Crippen molar-refractivity contribution in [2.24, 2.45) is 0 Å². The number of para-hydroxylation sites is 2. The normalized spacial score (nSPS) is 10.4. The molecule has 0 aromatic heterocycles. The van der Waals surface area contributed by atoms with E-state index in [0.717, 1.165) is 17.0 Å². The van der Waals surface area contributed by atoms with Crippen molar-refractivity contribution in [1.29, 1.82) is 0 Å². The predicted molar refractivity (Wildman–Crippen MR) is 117 cm³/mol. The minimum atomic E-state index is -0.152. The Hall–Kier alpha value is -3.47. The van der Waals surface area contributed by atoms with Gasteiger partial charge in [0.15, 0.2) is 0 Å². The van der Waals surface area contributed by atoms with Crippen LogP contribution in [0.15, 0.2) is 78.9 Å². The highest BCUT2D eigenvalue weighted by molar-refractivity contribution is 5.95.